The molecule has 0 aromatic rings. The number of carbonyl (C=O) groups is 4. The van der Waals surface area contributed by atoms with Gasteiger partial charge < -0.3 is 31.5 Å². The number of nitrogens with one attached hydrogen (secondary N) is 4. The Kier molecular flexibility index (Phi) is 29.5. The fraction of sp³-hybridized carbons (Fsp3) is 0.875. The molecule has 0 bridgehead atoms. The number of amides is 4. The molecule has 6 N–H and O–H groups in total. The number of hydrogen-bond acceptors (Lipinski definition) is 4. The first-order valence-corrected chi connectivity index (χ1v) is 16.9. The Bertz CT molecular complexity index is 621. The number of carboxylic acids is 2. The van der Waals surface area contributed by atoms with Gasteiger partial charge >= 0.3 is 24.0 Å². The van der Waals surface area contributed by atoms with Crippen molar-refractivity contribution < 1.29 is 29.4 Å². The summed E-state index contributed by atoms with van der Waals surface area (Å²) in [5.74, 6) is -1.41. The molecule has 0 saturated carbocycles. The SMILES string of the molecule is O=C(O)CCCCCCCCCCCNC(=O)NCCCCCCNC(=O)NCCCCCCCCCCCC(=O)O. The molecule has 0 atom stereocenters. The van der Waals surface area contributed by atoms with Crippen LogP contribution in [0.2, 0.25) is 0 Å². The lowest BCUT2D eigenvalue weighted by molar-refractivity contribution is -0.138. The van der Waals surface area contributed by atoms with Gasteiger partial charge in [-0.25, -0.2) is 9.59 Å². The van der Waals surface area contributed by atoms with Crippen molar-refractivity contribution in [2.75, 3.05) is 26.2 Å². The van der Waals surface area contributed by atoms with Crippen LogP contribution in [0.1, 0.15) is 154 Å². The van der Waals surface area contributed by atoms with E-state index in [9.17, 15) is 19.2 Å². The summed E-state index contributed by atoms with van der Waals surface area (Å²) in [5, 5.41) is 28.9. The number of urea groups is 2. The topological polar surface area (TPSA) is 157 Å². The summed E-state index contributed by atoms with van der Waals surface area (Å²) in [5.41, 5.74) is 0. The zero-order chi connectivity index (χ0) is 30.9. The number of aliphatic carboxylic acids is 2. The van der Waals surface area contributed by atoms with Gasteiger partial charge in [0.2, 0.25) is 0 Å². The van der Waals surface area contributed by atoms with E-state index in [4.69, 9.17) is 10.2 Å². The first kappa shape index (κ1) is 39.5. The van der Waals surface area contributed by atoms with Gasteiger partial charge in [-0.3, -0.25) is 9.59 Å². The van der Waals surface area contributed by atoms with Gasteiger partial charge in [-0.05, 0) is 38.5 Å². The van der Waals surface area contributed by atoms with Gasteiger partial charge in [0.05, 0.1) is 0 Å². The molecule has 4 amide bonds. The zero-order valence-electron chi connectivity index (χ0n) is 26.3. The highest BCUT2D eigenvalue weighted by Crippen LogP contribution is 2.11. The third-order valence-electron chi connectivity index (χ3n) is 7.38. The molecule has 42 heavy (non-hydrogen) atoms. The van der Waals surface area contributed by atoms with Gasteiger partial charge in [-0.2, -0.15) is 0 Å². The van der Waals surface area contributed by atoms with Crippen LogP contribution in [0, 0.1) is 0 Å². The van der Waals surface area contributed by atoms with Crippen molar-refractivity contribution >= 4 is 24.0 Å². The molecule has 0 unspecified atom stereocenters. The summed E-state index contributed by atoms with van der Waals surface area (Å²) in [6.45, 7) is 2.74. The number of carboxylic acid groups (broad SMARTS) is 2. The van der Waals surface area contributed by atoms with Crippen molar-refractivity contribution in [1.82, 2.24) is 21.3 Å². The lowest BCUT2D eigenvalue weighted by Gasteiger charge is -2.09. The van der Waals surface area contributed by atoms with Crippen LogP contribution in [0.25, 0.3) is 0 Å². The van der Waals surface area contributed by atoms with E-state index < -0.39 is 11.9 Å². The number of carbonyl (C=O) groups excluding carboxylic acids is 2. The average molecular weight is 599 g/mol. The molecule has 246 valence electrons. The zero-order valence-corrected chi connectivity index (χ0v) is 26.3. The van der Waals surface area contributed by atoms with Crippen LogP contribution < -0.4 is 21.3 Å². The van der Waals surface area contributed by atoms with Gasteiger partial charge in [-0.15, -0.1) is 0 Å². The molecular formula is C32H62N4O6. The van der Waals surface area contributed by atoms with Crippen LogP contribution >= 0.6 is 0 Å². The van der Waals surface area contributed by atoms with Crippen molar-refractivity contribution in [3.8, 4) is 0 Å². The molecule has 0 spiro atoms. The van der Waals surface area contributed by atoms with Crippen molar-refractivity contribution in [2.24, 2.45) is 0 Å². The molecule has 0 aromatic heterocycles. The lowest BCUT2D eigenvalue weighted by atomic mass is 10.1. The Morgan fingerprint density at radius 3 is 0.714 bits per heavy atom. The predicted octanol–water partition coefficient (Wildman–Crippen LogP) is 7.12. The Morgan fingerprint density at radius 1 is 0.310 bits per heavy atom. The summed E-state index contributed by atoms with van der Waals surface area (Å²) in [6, 6.07) is -0.195. The van der Waals surface area contributed by atoms with E-state index >= 15 is 0 Å². The van der Waals surface area contributed by atoms with E-state index in [0.29, 0.717) is 26.2 Å². The normalized spacial score (nSPS) is 10.8. The van der Waals surface area contributed by atoms with Crippen LogP contribution in [0.5, 0.6) is 0 Å². The van der Waals surface area contributed by atoms with Crippen molar-refractivity contribution in [2.45, 2.75) is 154 Å². The predicted molar refractivity (Wildman–Crippen MR) is 169 cm³/mol. The Morgan fingerprint density at radius 2 is 0.500 bits per heavy atom. The minimum absolute atomic E-state index is 0.0975. The highest BCUT2D eigenvalue weighted by molar-refractivity contribution is 5.74. The van der Waals surface area contributed by atoms with Gasteiger partial charge in [0.1, 0.15) is 0 Å². The summed E-state index contributed by atoms with van der Waals surface area (Å²) < 4.78 is 0. The van der Waals surface area contributed by atoms with Gasteiger partial charge in [0.25, 0.3) is 0 Å². The highest BCUT2D eigenvalue weighted by atomic mass is 16.4. The van der Waals surface area contributed by atoms with E-state index in [2.05, 4.69) is 21.3 Å². The van der Waals surface area contributed by atoms with Gasteiger partial charge in [0.15, 0.2) is 0 Å². The van der Waals surface area contributed by atoms with E-state index in [-0.39, 0.29) is 24.9 Å². The molecule has 0 saturated heterocycles. The maximum atomic E-state index is 11.9. The second-order valence-electron chi connectivity index (χ2n) is 11.4. The first-order valence-electron chi connectivity index (χ1n) is 16.9. The highest BCUT2D eigenvalue weighted by Gasteiger charge is 2.02. The third kappa shape index (κ3) is 33.7. The maximum absolute atomic E-state index is 11.9. The second kappa shape index (κ2) is 31.4. The summed E-state index contributed by atoms with van der Waals surface area (Å²) in [6.07, 6.45) is 24.0. The Hall–Kier alpha value is -2.52. The molecule has 0 aliphatic rings. The van der Waals surface area contributed by atoms with Crippen LogP contribution in [0.15, 0.2) is 0 Å². The number of unbranched alkanes of at least 4 members (excludes halogenated alkanes) is 19. The van der Waals surface area contributed by atoms with Gasteiger partial charge in [0, 0.05) is 39.0 Å². The van der Waals surface area contributed by atoms with Crippen LogP contribution in [0.3, 0.4) is 0 Å². The minimum atomic E-state index is -0.703. The van der Waals surface area contributed by atoms with E-state index in [1.54, 1.807) is 0 Å². The molecule has 0 rings (SSSR count). The molecular weight excluding hydrogens is 536 g/mol. The molecule has 0 aliphatic carbocycles. The third-order valence-corrected chi connectivity index (χ3v) is 7.38. The molecule has 0 fully saturated rings. The molecule has 0 aliphatic heterocycles. The number of hydrogen-bond donors (Lipinski definition) is 6. The van der Waals surface area contributed by atoms with Crippen LogP contribution in [-0.2, 0) is 9.59 Å². The molecule has 0 aromatic carbocycles. The first-order chi connectivity index (χ1) is 20.4. The molecule has 0 heterocycles. The fourth-order valence-electron chi connectivity index (χ4n) is 4.81. The monoisotopic (exact) mass is 598 g/mol. The summed E-state index contributed by atoms with van der Waals surface area (Å²) in [7, 11) is 0. The van der Waals surface area contributed by atoms with Crippen LogP contribution in [0.4, 0.5) is 9.59 Å². The molecule has 10 nitrogen and oxygen atoms in total. The van der Waals surface area contributed by atoms with Crippen molar-refractivity contribution in [3.05, 3.63) is 0 Å². The van der Waals surface area contributed by atoms with E-state index in [0.717, 1.165) is 89.9 Å². The van der Waals surface area contributed by atoms with E-state index in [1.807, 2.05) is 0 Å². The smallest absolute Gasteiger partial charge is 0.314 e. The molecule has 10 heteroatoms. The maximum Gasteiger partial charge on any atom is 0.314 e. The fourth-order valence-corrected chi connectivity index (χ4v) is 4.81. The minimum Gasteiger partial charge on any atom is -0.481 e. The Balaban J connectivity index is 3.27. The Labute approximate surface area is 254 Å². The van der Waals surface area contributed by atoms with Gasteiger partial charge in [-0.1, -0.05) is 103 Å². The largest absolute Gasteiger partial charge is 0.481 e. The second-order valence-corrected chi connectivity index (χ2v) is 11.4. The molecule has 0 radical (unpaired) electrons. The van der Waals surface area contributed by atoms with E-state index in [1.165, 1.54) is 51.4 Å². The standard InChI is InChI=1S/C32H62N4O6/c37-29(38)23-17-11-7-3-1-5-9-13-19-25-33-31(41)35-27-21-15-16-22-28-36-32(42)34-26-20-14-10-6-2-4-8-12-18-24-30(39)40/h1-28H2,(H,37,38)(H,39,40)(H2,33,35,41)(H2,34,36,42). The summed E-state index contributed by atoms with van der Waals surface area (Å²) >= 11 is 0. The van der Waals surface area contributed by atoms with Crippen LogP contribution in [-0.4, -0.2) is 60.4 Å². The summed E-state index contributed by atoms with van der Waals surface area (Å²) in [4.78, 5) is 44.6. The average Bonchev–Trinajstić information content (AvgIpc) is 2.95. The quantitative estimate of drug-likeness (QED) is 0.0467. The van der Waals surface area contributed by atoms with Crippen molar-refractivity contribution in [1.29, 1.82) is 0 Å². The van der Waals surface area contributed by atoms with Crippen molar-refractivity contribution in [3.63, 3.8) is 0 Å². The lowest BCUT2D eigenvalue weighted by Crippen LogP contribution is -2.36. The number of rotatable bonds is 31.